The van der Waals surface area contributed by atoms with Crippen LogP contribution >= 0.6 is 0 Å². The summed E-state index contributed by atoms with van der Waals surface area (Å²) in [5, 5.41) is 12.2. The summed E-state index contributed by atoms with van der Waals surface area (Å²) in [5.41, 5.74) is 2.65. The number of rotatable bonds is 13. The highest BCUT2D eigenvalue weighted by Crippen LogP contribution is 2.20. The molecule has 0 aliphatic heterocycles. The Hall–Kier alpha value is -3.61. The van der Waals surface area contributed by atoms with Gasteiger partial charge in [0.15, 0.2) is 0 Å². The van der Waals surface area contributed by atoms with Crippen LogP contribution in [0.1, 0.15) is 29.5 Å². The quantitative estimate of drug-likeness (QED) is 0.267. The van der Waals surface area contributed by atoms with Crippen molar-refractivity contribution in [3.05, 3.63) is 114 Å². The topological polar surface area (TPSA) is 77.0 Å². The number of ether oxygens (including phenoxy) is 3. The zero-order chi connectivity index (χ0) is 24.0. The molecule has 3 aromatic carbocycles. The lowest BCUT2D eigenvalue weighted by Crippen LogP contribution is -2.46. The number of benzene rings is 3. The molecule has 6 nitrogen and oxygen atoms in total. The molecular weight excluding hydrogens is 430 g/mol. The summed E-state index contributed by atoms with van der Waals surface area (Å²) in [6, 6.07) is 28.6. The van der Waals surface area contributed by atoms with Gasteiger partial charge in [-0.05, 0) is 24.0 Å². The lowest BCUT2D eigenvalue weighted by molar-refractivity contribution is -0.0627. The molecule has 34 heavy (non-hydrogen) atoms. The van der Waals surface area contributed by atoms with Crippen LogP contribution in [0.4, 0.5) is 4.79 Å². The molecule has 0 spiro atoms. The fraction of sp³-hybridized carbons (Fsp3) is 0.250. The van der Waals surface area contributed by atoms with Crippen molar-refractivity contribution in [2.75, 3.05) is 6.61 Å². The Morgan fingerprint density at radius 2 is 1.41 bits per heavy atom. The van der Waals surface area contributed by atoms with Crippen molar-refractivity contribution in [3.8, 4) is 0 Å². The number of aliphatic hydroxyl groups excluding tert-OH is 1. The summed E-state index contributed by atoms with van der Waals surface area (Å²) in [4.78, 5) is 12.6. The Balaban J connectivity index is 1.71. The van der Waals surface area contributed by atoms with E-state index in [1.807, 2.05) is 91.0 Å². The van der Waals surface area contributed by atoms with Crippen LogP contribution in [0.3, 0.4) is 0 Å². The molecule has 0 saturated heterocycles. The second-order valence-corrected chi connectivity index (χ2v) is 7.73. The number of hydrogen-bond donors (Lipinski definition) is 2. The second kappa shape index (κ2) is 13.8. The van der Waals surface area contributed by atoms with E-state index in [-0.39, 0.29) is 13.2 Å². The standard InChI is InChI=1S/C28H31NO5/c1-22(25-16-9-4-10-17-25)34-27(29-28(31)33-21-24-14-7-3-8-15-24)26(18-11-19-30)32-20-23-12-5-2-6-13-23/h2-10,12-17,26-27,30H,1,11,18-21H2,(H,29,31)/t26-,27-/m0/s1. The number of alkyl carbamates (subject to hydrolysis) is 1. The summed E-state index contributed by atoms with van der Waals surface area (Å²) in [7, 11) is 0. The number of carbonyl (C=O) groups is 1. The maximum atomic E-state index is 12.6. The average molecular weight is 462 g/mol. The number of aliphatic hydroxyl groups is 1. The first-order valence-electron chi connectivity index (χ1n) is 11.3. The molecule has 0 fully saturated rings. The maximum Gasteiger partial charge on any atom is 0.410 e. The molecule has 3 rings (SSSR count). The summed E-state index contributed by atoms with van der Waals surface area (Å²) in [6.07, 6.45) is -1.09. The van der Waals surface area contributed by atoms with Gasteiger partial charge in [-0.15, -0.1) is 0 Å². The number of carbonyl (C=O) groups excluding carboxylic acids is 1. The monoisotopic (exact) mass is 461 g/mol. The van der Waals surface area contributed by atoms with Crippen LogP contribution in [0.25, 0.3) is 5.76 Å². The van der Waals surface area contributed by atoms with Gasteiger partial charge in [0, 0.05) is 12.2 Å². The number of hydrogen-bond acceptors (Lipinski definition) is 5. The molecular formula is C28H31NO5. The molecule has 0 aliphatic carbocycles. The van der Waals surface area contributed by atoms with Crippen molar-refractivity contribution in [1.82, 2.24) is 5.32 Å². The van der Waals surface area contributed by atoms with Crippen molar-refractivity contribution in [3.63, 3.8) is 0 Å². The molecule has 0 unspecified atom stereocenters. The largest absolute Gasteiger partial charge is 0.468 e. The van der Waals surface area contributed by atoms with E-state index in [0.29, 0.717) is 25.2 Å². The van der Waals surface area contributed by atoms with Gasteiger partial charge in [-0.1, -0.05) is 97.6 Å². The third-order valence-corrected chi connectivity index (χ3v) is 5.13. The smallest absolute Gasteiger partial charge is 0.410 e. The Bertz CT molecular complexity index is 995. The molecule has 0 radical (unpaired) electrons. The van der Waals surface area contributed by atoms with E-state index in [0.717, 1.165) is 16.7 Å². The summed E-state index contributed by atoms with van der Waals surface area (Å²) in [6.45, 7) is 4.48. The van der Waals surface area contributed by atoms with Gasteiger partial charge in [-0.25, -0.2) is 4.79 Å². The van der Waals surface area contributed by atoms with Crippen LogP contribution in [0.2, 0.25) is 0 Å². The van der Waals surface area contributed by atoms with Crippen molar-refractivity contribution < 1.29 is 24.1 Å². The summed E-state index contributed by atoms with van der Waals surface area (Å²) in [5.74, 6) is 0.395. The van der Waals surface area contributed by atoms with Gasteiger partial charge in [-0.3, -0.25) is 5.32 Å². The number of amides is 1. The molecule has 1 amide bonds. The fourth-order valence-electron chi connectivity index (χ4n) is 3.32. The highest BCUT2D eigenvalue weighted by Gasteiger charge is 2.27. The Morgan fingerprint density at radius 3 is 2.00 bits per heavy atom. The predicted octanol–water partition coefficient (Wildman–Crippen LogP) is 5.28. The third-order valence-electron chi connectivity index (χ3n) is 5.13. The van der Waals surface area contributed by atoms with E-state index in [1.54, 1.807) is 0 Å². The van der Waals surface area contributed by atoms with Crippen LogP contribution in [-0.2, 0) is 27.4 Å². The van der Waals surface area contributed by atoms with E-state index >= 15 is 0 Å². The second-order valence-electron chi connectivity index (χ2n) is 7.73. The van der Waals surface area contributed by atoms with Crippen molar-refractivity contribution in [1.29, 1.82) is 0 Å². The van der Waals surface area contributed by atoms with Gasteiger partial charge in [-0.2, -0.15) is 0 Å². The van der Waals surface area contributed by atoms with Crippen molar-refractivity contribution in [2.24, 2.45) is 0 Å². The van der Waals surface area contributed by atoms with Gasteiger partial charge in [0.1, 0.15) is 18.5 Å². The molecule has 2 atom stereocenters. The summed E-state index contributed by atoms with van der Waals surface area (Å²) >= 11 is 0. The first-order chi connectivity index (χ1) is 16.7. The first-order valence-corrected chi connectivity index (χ1v) is 11.3. The van der Waals surface area contributed by atoms with Crippen molar-refractivity contribution >= 4 is 11.9 Å². The van der Waals surface area contributed by atoms with E-state index in [9.17, 15) is 9.90 Å². The zero-order valence-electron chi connectivity index (χ0n) is 19.1. The molecule has 0 heterocycles. The molecule has 0 bridgehead atoms. The first kappa shape index (κ1) is 25.0. The van der Waals surface area contributed by atoms with E-state index in [4.69, 9.17) is 14.2 Å². The van der Waals surface area contributed by atoms with Gasteiger partial charge >= 0.3 is 6.09 Å². The SMILES string of the molecule is C=C(O[C@H](NC(=O)OCc1ccccc1)[C@H](CCCO)OCc1ccccc1)c1ccccc1. The molecule has 3 aromatic rings. The van der Waals surface area contributed by atoms with E-state index in [1.165, 1.54) is 0 Å². The maximum absolute atomic E-state index is 12.6. The molecule has 178 valence electrons. The molecule has 0 aromatic heterocycles. The zero-order valence-corrected chi connectivity index (χ0v) is 19.1. The minimum atomic E-state index is -0.869. The average Bonchev–Trinajstić information content (AvgIpc) is 2.89. The lowest BCUT2D eigenvalue weighted by Gasteiger charge is -2.29. The highest BCUT2D eigenvalue weighted by molar-refractivity contribution is 5.68. The number of nitrogens with one attached hydrogen (secondary N) is 1. The van der Waals surface area contributed by atoms with Crippen LogP contribution in [0.15, 0.2) is 97.6 Å². The Labute approximate surface area is 200 Å². The van der Waals surface area contributed by atoms with Crippen LogP contribution in [0.5, 0.6) is 0 Å². The van der Waals surface area contributed by atoms with Gasteiger partial charge < -0.3 is 19.3 Å². The minimum Gasteiger partial charge on any atom is -0.468 e. The molecule has 0 aliphatic rings. The van der Waals surface area contributed by atoms with E-state index < -0.39 is 18.4 Å². The lowest BCUT2D eigenvalue weighted by atomic mass is 10.1. The predicted molar refractivity (Wildman–Crippen MR) is 131 cm³/mol. The normalized spacial score (nSPS) is 12.4. The molecule has 6 heteroatoms. The Morgan fingerprint density at radius 1 is 0.853 bits per heavy atom. The highest BCUT2D eigenvalue weighted by atomic mass is 16.6. The third kappa shape index (κ3) is 8.39. The molecule has 0 saturated carbocycles. The van der Waals surface area contributed by atoms with Crippen LogP contribution in [0, 0.1) is 0 Å². The minimum absolute atomic E-state index is 0.00397. The van der Waals surface area contributed by atoms with E-state index in [2.05, 4.69) is 11.9 Å². The van der Waals surface area contributed by atoms with Crippen molar-refractivity contribution in [2.45, 2.75) is 38.4 Å². The fourth-order valence-corrected chi connectivity index (χ4v) is 3.32. The molecule has 2 N–H and O–H groups in total. The summed E-state index contributed by atoms with van der Waals surface area (Å²) < 4.78 is 17.6. The van der Waals surface area contributed by atoms with Gasteiger partial charge in [0.2, 0.25) is 6.23 Å². The van der Waals surface area contributed by atoms with Crippen LogP contribution < -0.4 is 5.32 Å². The van der Waals surface area contributed by atoms with Gasteiger partial charge in [0.25, 0.3) is 0 Å². The van der Waals surface area contributed by atoms with Crippen LogP contribution in [-0.4, -0.2) is 30.1 Å². The Kier molecular flexibility index (Phi) is 10.2. The van der Waals surface area contributed by atoms with Gasteiger partial charge in [0.05, 0.1) is 6.61 Å².